The molecular formula is C16H13ClN2OS. The Kier molecular flexibility index (Phi) is 3.99. The minimum absolute atomic E-state index is 0.0257. The van der Waals surface area contributed by atoms with Gasteiger partial charge in [0.15, 0.2) is 5.16 Å². The van der Waals surface area contributed by atoms with E-state index in [0.717, 1.165) is 16.1 Å². The standard InChI is InChI=1S/C16H13ClN2OS/c1-19-15(20)12-7-3-5-9-14(12)18-16(19)21-10-11-6-2-4-8-13(11)17/h2-9H,10H2,1H3. The number of nitrogens with zero attached hydrogens (tertiary/aromatic N) is 2. The van der Waals surface area contributed by atoms with Crippen molar-refractivity contribution < 1.29 is 0 Å². The van der Waals surface area contributed by atoms with Crippen molar-refractivity contribution in [1.29, 1.82) is 0 Å². The van der Waals surface area contributed by atoms with Gasteiger partial charge >= 0.3 is 0 Å². The van der Waals surface area contributed by atoms with E-state index in [1.165, 1.54) is 11.8 Å². The van der Waals surface area contributed by atoms with Crippen molar-refractivity contribution in [2.24, 2.45) is 7.05 Å². The molecule has 0 unspecified atom stereocenters. The van der Waals surface area contributed by atoms with Gasteiger partial charge < -0.3 is 0 Å². The molecular weight excluding hydrogens is 304 g/mol. The lowest BCUT2D eigenvalue weighted by Gasteiger charge is -2.09. The third-order valence-corrected chi connectivity index (χ3v) is 4.70. The van der Waals surface area contributed by atoms with E-state index in [-0.39, 0.29) is 5.56 Å². The molecule has 0 saturated heterocycles. The van der Waals surface area contributed by atoms with Crippen LogP contribution >= 0.6 is 23.4 Å². The number of thioether (sulfide) groups is 1. The maximum absolute atomic E-state index is 12.3. The summed E-state index contributed by atoms with van der Waals surface area (Å²) in [5.41, 5.74) is 1.73. The van der Waals surface area contributed by atoms with Crippen LogP contribution in [0.3, 0.4) is 0 Å². The normalized spacial score (nSPS) is 11.0. The number of rotatable bonds is 3. The van der Waals surface area contributed by atoms with Gasteiger partial charge in [0.25, 0.3) is 5.56 Å². The van der Waals surface area contributed by atoms with E-state index >= 15 is 0 Å². The number of benzene rings is 2. The van der Waals surface area contributed by atoms with Crippen molar-refractivity contribution >= 4 is 34.3 Å². The van der Waals surface area contributed by atoms with Gasteiger partial charge in [-0.1, -0.05) is 53.7 Å². The molecule has 3 nitrogen and oxygen atoms in total. The van der Waals surface area contributed by atoms with Gasteiger partial charge in [0.05, 0.1) is 10.9 Å². The summed E-state index contributed by atoms with van der Waals surface area (Å²) in [4.78, 5) is 16.9. The minimum atomic E-state index is -0.0257. The van der Waals surface area contributed by atoms with Gasteiger partial charge in [-0.3, -0.25) is 9.36 Å². The van der Waals surface area contributed by atoms with E-state index in [1.807, 2.05) is 42.5 Å². The number of hydrogen-bond donors (Lipinski definition) is 0. The first-order valence-electron chi connectivity index (χ1n) is 6.49. The first kappa shape index (κ1) is 14.2. The van der Waals surface area contributed by atoms with Crippen molar-refractivity contribution in [3.05, 3.63) is 69.5 Å². The van der Waals surface area contributed by atoms with Crippen LogP contribution in [0.4, 0.5) is 0 Å². The van der Waals surface area contributed by atoms with Gasteiger partial charge in [0.2, 0.25) is 0 Å². The number of fused-ring (bicyclic) bond motifs is 1. The maximum atomic E-state index is 12.3. The lowest BCUT2D eigenvalue weighted by molar-refractivity contribution is 0.726. The van der Waals surface area contributed by atoms with Gasteiger partial charge in [-0.05, 0) is 23.8 Å². The Labute approximate surface area is 131 Å². The smallest absolute Gasteiger partial charge is 0.261 e. The Morgan fingerprint density at radius 1 is 1.14 bits per heavy atom. The third-order valence-electron chi connectivity index (χ3n) is 3.26. The van der Waals surface area contributed by atoms with E-state index in [2.05, 4.69) is 4.98 Å². The SMILES string of the molecule is Cn1c(SCc2ccccc2Cl)nc2ccccc2c1=O. The van der Waals surface area contributed by atoms with Gasteiger partial charge in [0, 0.05) is 17.8 Å². The van der Waals surface area contributed by atoms with E-state index in [0.29, 0.717) is 16.3 Å². The molecule has 0 aliphatic carbocycles. The molecule has 2 aromatic carbocycles. The average Bonchev–Trinajstić information content (AvgIpc) is 2.51. The fourth-order valence-corrected chi connectivity index (χ4v) is 3.34. The minimum Gasteiger partial charge on any atom is -0.290 e. The fraction of sp³-hybridized carbons (Fsp3) is 0.125. The van der Waals surface area contributed by atoms with Crippen LogP contribution in [0, 0.1) is 0 Å². The molecule has 0 aliphatic rings. The quantitative estimate of drug-likeness (QED) is 0.543. The Bertz CT molecular complexity index is 860. The van der Waals surface area contributed by atoms with Crippen LogP contribution in [-0.4, -0.2) is 9.55 Å². The predicted octanol–water partition coefficient (Wildman–Crippen LogP) is 3.88. The van der Waals surface area contributed by atoms with E-state index in [1.54, 1.807) is 17.7 Å². The molecule has 3 aromatic rings. The van der Waals surface area contributed by atoms with E-state index in [4.69, 9.17) is 11.6 Å². The molecule has 1 heterocycles. The first-order chi connectivity index (χ1) is 10.2. The summed E-state index contributed by atoms with van der Waals surface area (Å²) in [6, 6.07) is 15.1. The van der Waals surface area contributed by atoms with Crippen LogP contribution < -0.4 is 5.56 Å². The largest absolute Gasteiger partial charge is 0.290 e. The van der Waals surface area contributed by atoms with Crippen molar-refractivity contribution in [3.63, 3.8) is 0 Å². The zero-order valence-corrected chi connectivity index (χ0v) is 13.0. The van der Waals surface area contributed by atoms with Crippen molar-refractivity contribution in [2.45, 2.75) is 10.9 Å². The predicted molar refractivity (Wildman–Crippen MR) is 88.0 cm³/mol. The van der Waals surface area contributed by atoms with Crippen molar-refractivity contribution in [2.75, 3.05) is 0 Å². The molecule has 0 N–H and O–H groups in total. The Morgan fingerprint density at radius 3 is 2.67 bits per heavy atom. The van der Waals surface area contributed by atoms with Gasteiger partial charge in [-0.2, -0.15) is 0 Å². The molecule has 21 heavy (non-hydrogen) atoms. The zero-order valence-electron chi connectivity index (χ0n) is 11.4. The summed E-state index contributed by atoms with van der Waals surface area (Å²) in [5.74, 6) is 0.679. The second-order valence-electron chi connectivity index (χ2n) is 4.66. The van der Waals surface area contributed by atoms with Crippen LogP contribution in [-0.2, 0) is 12.8 Å². The highest BCUT2D eigenvalue weighted by Gasteiger charge is 2.09. The Balaban J connectivity index is 1.96. The monoisotopic (exact) mass is 316 g/mol. The summed E-state index contributed by atoms with van der Waals surface area (Å²) in [6.45, 7) is 0. The molecule has 0 saturated carbocycles. The second kappa shape index (κ2) is 5.92. The van der Waals surface area contributed by atoms with E-state index < -0.39 is 0 Å². The van der Waals surface area contributed by atoms with E-state index in [9.17, 15) is 4.79 Å². The molecule has 0 atom stereocenters. The molecule has 0 fully saturated rings. The summed E-state index contributed by atoms with van der Waals surface area (Å²) < 4.78 is 1.59. The number of halogens is 1. The highest BCUT2D eigenvalue weighted by atomic mass is 35.5. The van der Waals surface area contributed by atoms with Gasteiger partial charge in [0.1, 0.15) is 0 Å². The molecule has 1 aromatic heterocycles. The Morgan fingerprint density at radius 2 is 1.86 bits per heavy atom. The average molecular weight is 317 g/mol. The number of hydrogen-bond acceptors (Lipinski definition) is 3. The van der Waals surface area contributed by atoms with Crippen molar-refractivity contribution in [3.8, 4) is 0 Å². The van der Waals surface area contributed by atoms with Gasteiger partial charge in [-0.25, -0.2) is 4.98 Å². The third kappa shape index (κ3) is 2.82. The first-order valence-corrected chi connectivity index (χ1v) is 7.85. The molecule has 106 valence electrons. The maximum Gasteiger partial charge on any atom is 0.261 e. The Hall–Kier alpha value is -1.78. The number of para-hydroxylation sites is 1. The molecule has 0 amide bonds. The molecule has 0 spiro atoms. The topological polar surface area (TPSA) is 34.9 Å². The summed E-state index contributed by atoms with van der Waals surface area (Å²) >= 11 is 7.67. The van der Waals surface area contributed by atoms with Crippen LogP contribution in [0.15, 0.2) is 58.5 Å². The van der Waals surface area contributed by atoms with Crippen molar-refractivity contribution in [1.82, 2.24) is 9.55 Å². The molecule has 0 radical (unpaired) electrons. The summed E-state index contributed by atoms with van der Waals surface area (Å²) in [5, 5.41) is 2.07. The van der Waals surface area contributed by atoms with Crippen LogP contribution in [0.1, 0.15) is 5.56 Å². The summed E-state index contributed by atoms with van der Waals surface area (Å²) in [6.07, 6.45) is 0. The van der Waals surface area contributed by atoms with Crippen LogP contribution in [0.25, 0.3) is 10.9 Å². The summed E-state index contributed by atoms with van der Waals surface area (Å²) in [7, 11) is 1.75. The number of aromatic nitrogens is 2. The van der Waals surface area contributed by atoms with Crippen LogP contribution in [0.2, 0.25) is 5.02 Å². The van der Waals surface area contributed by atoms with Crippen LogP contribution in [0.5, 0.6) is 0 Å². The molecule has 0 bridgehead atoms. The molecule has 3 rings (SSSR count). The lowest BCUT2D eigenvalue weighted by atomic mass is 10.2. The highest BCUT2D eigenvalue weighted by Crippen LogP contribution is 2.25. The zero-order chi connectivity index (χ0) is 14.8. The second-order valence-corrected chi connectivity index (χ2v) is 6.01. The van der Waals surface area contributed by atoms with Gasteiger partial charge in [-0.15, -0.1) is 0 Å². The highest BCUT2D eigenvalue weighted by molar-refractivity contribution is 7.98. The molecule has 5 heteroatoms. The fourth-order valence-electron chi connectivity index (χ4n) is 2.08. The lowest BCUT2D eigenvalue weighted by Crippen LogP contribution is -2.19. The molecule has 0 aliphatic heterocycles.